The van der Waals surface area contributed by atoms with Gasteiger partial charge in [0.15, 0.2) is 0 Å². The first kappa shape index (κ1) is 13.7. The fourth-order valence-electron chi connectivity index (χ4n) is 1.92. The molecule has 0 heterocycles. The fourth-order valence-corrected chi connectivity index (χ4v) is 1.92. The van der Waals surface area contributed by atoms with Gasteiger partial charge in [0.1, 0.15) is 11.5 Å². The molecule has 0 saturated carbocycles. The van der Waals surface area contributed by atoms with Crippen molar-refractivity contribution in [3.63, 3.8) is 0 Å². The molecule has 2 rings (SSSR count). The summed E-state index contributed by atoms with van der Waals surface area (Å²) >= 11 is 0. The largest absolute Gasteiger partial charge is 0.508 e. The van der Waals surface area contributed by atoms with Gasteiger partial charge in [-0.3, -0.25) is 4.79 Å². The van der Waals surface area contributed by atoms with Crippen LogP contribution in [0, 0.1) is 13.8 Å². The van der Waals surface area contributed by atoms with Gasteiger partial charge in [0, 0.05) is 23.0 Å². The minimum Gasteiger partial charge on any atom is -0.508 e. The van der Waals surface area contributed by atoms with Gasteiger partial charge in [-0.2, -0.15) is 0 Å². The molecule has 104 valence electrons. The Bertz CT molecular complexity index is 661. The van der Waals surface area contributed by atoms with Crippen molar-refractivity contribution in [2.24, 2.45) is 0 Å². The minimum absolute atomic E-state index is 0.168. The quantitative estimate of drug-likeness (QED) is 0.632. The van der Waals surface area contributed by atoms with Crippen LogP contribution in [0.25, 0.3) is 0 Å². The van der Waals surface area contributed by atoms with E-state index in [1.54, 1.807) is 6.07 Å². The first-order chi connectivity index (χ1) is 9.36. The Hall–Kier alpha value is -2.69. The number of amides is 1. The number of nitrogens with two attached hydrogens (primary N) is 1. The monoisotopic (exact) mass is 272 g/mol. The summed E-state index contributed by atoms with van der Waals surface area (Å²) in [6.07, 6.45) is 0. The highest BCUT2D eigenvalue weighted by Crippen LogP contribution is 2.24. The molecule has 0 aliphatic heterocycles. The molecular formula is C15H16N2O3. The molecule has 0 spiro atoms. The Morgan fingerprint density at radius 1 is 1.00 bits per heavy atom. The maximum atomic E-state index is 12.1. The van der Waals surface area contributed by atoms with Crippen LogP contribution in [-0.4, -0.2) is 16.1 Å². The molecule has 0 fully saturated rings. The summed E-state index contributed by atoms with van der Waals surface area (Å²) in [5, 5.41) is 21.5. The first-order valence-corrected chi connectivity index (χ1v) is 6.08. The van der Waals surface area contributed by atoms with Crippen molar-refractivity contribution in [3.8, 4) is 11.5 Å². The summed E-state index contributed by atoms with van der Waals surface area (Å²) in [6, 6.07) is 7.28. The molecule has 0 bridgehead atoms. The van der Waals surface area contributed by atoms with Crippen LogP contribution in [0.3, 0.4) is 0 Å². The summed E-state index contributed by atoms with van der Waals surface area (Å²) < 4.78 is 0. The van der Waals surface area contributed by atoms with Crippen LogP contribution in [0.1, 0.15) is 21.5 Å². The number of anilines is 2. The molecular weight excluding hydrogens is 256 g/mol. The normalized spacial score (nSPS) is 10.3. The van der Waals surface area contributed by atoms with Crippen LogP contribution in [0.15, 0.2) is 30.3 Å². The number of nitrogens with one attached hydrogen (secondary N) is 1. The van der Waals surface area contributed by atoms with Crippen LogP contribution in [0.5, 0.6) is 11.5 Å². The molecule has 5 nitrogen and oxygen atoms in total. The summed E-state index contributed by atoms with van der Waals surface area (Å²) in [5.41, 5.74) is 9.00. The highest BCUT2D eigenvalue weighted by atomic mass is 16.3. The Labute approximate surface area is 116 Å². The number of nitrogen functional groups attached to an aromatic ring is 1. The van der Waals surface area contributed by atoms with E-state index in [1.165, 1.54) is 12.1 Å². The average molecular weight is 272 g/mol. The molecule has 0 radical (unpaired) electrons. The molecule has 0 unspecified atom stereocenters. The van der Waals surface area contributed by atoms with E-state index < -0.39 is 5.91 Å². The lowest BCUT2D eigenvalue weighted by Crippen LogP contribution is -2.13. The van der Waals surface area contributed by atoms with E-state index >= 15 is 0 Å². The molecule has 5 heteroatoms. The Balaban J connectivity index is 2.30. The second-order valence-electron chi connectivity index (χ2n) is 4.72. The molecule has 0 aliphatic rings. The SMILES string of the molecule is Cc1cc(C)c(NC(=O)c2cc(O)cc(O)c2)cc1N. The van der Waals surface area contributed by atoms with E-state index in [1.807, 2.05) is 19.9 Å². The van der Waals surface area contributed by atoms with E-state index in [0.29, 0.717) is 11.4 Å². The van der Waals surface area contributed by atoms with E-state index in [9.17, 15) is 15.0 Å². The number of phenols is 2. The second-order valence-corrected chi connectivity index (χ2v) is 4.72. The fraction of sp³-hybridized carbons (Fsp3) is 0.133. The zero-order chi connectivity index (χ0) is 14.9. The van der Waals surface area contributed by atoms with Crippen molar-refractivity contribution in [2.75, 3.05) is 11.1 Å². The predicted octanol–water partition coefficient (Wildman–Crippen LogP) is 2.55. The number of benzene rings is 2. The molecule has 0 aliphatic carbocycles. The highest BCUT2D eigenvalue weighted by Gasteiger charge is 2.11. The molecule has 0 aromatic heterocycles. The van der Waals surface area contributed by atoms with Crippen LogP contribution < -0.4 is 11.1 Å². The zero-order valence-electron chi connectivity index (χ0n) is 11.3. The summed E-state index contributed by atoms with van der Waals surface area (Å²) in [5.74, 6) is -0.770. The van der Waals surface area contributed by atoms with Gasteiger partial charge in [0.2, 0.25) is 0 Å². The number of phenolic OH excluding ortho intramolecular Hbond substituents is 2. The molecule has 2 aromatic carbocycles. The molecule has 5 N–H and O–H groups in total. The lowest BCUT2D eigenvalue weighted by molar-refractivity contribution is 0.102. The van der Waals surface area contributed by atoms with Crippen molar-refractivity contribution in [1.29, 1.82) is 0 Å². The zero-order valence-corrected chi connectivity index (χ0v) is 11.3. The molecule has 2 aromatic rings. The predicted molar refractivity (Wildman–Crippen MR) is 78.1 cm³/mol. The number of aromatic hydroxyl groups is 2. The second kappa shape index (κ2) is 5.13. The van der Waals surface area contributed by atoms with E-state index in [4.69, 9.17) is 5.73 Å². The van der Waals surface area contributed by atoms with E-state index in [2.05, 4.69) is 5.32 Å². The lowest BCUT2D eigenvalue weighted by Gasteiger charge is -2.11. The topological polar surface area (TPSA) is 95.6 Å². The summed E-state index contributed by atoms with van der Waals surface area (Å²) in [7, 11) is 0. The third-order valence-electron chi connectivity index (χ3n) is 3.03. The number of hydrogen-bond acceptors (Lipinski definition) is 4. The third-order valence-corrected chi connectivity index (χ3v) is 3.03. The Morgan fingerprint density at radius 2 is 1.60 bits per heavy atom. The van der Waals surface area contributed by atoms with Gasteiger partial charge < -0.3 is 21.3 Å². The number of carbonyl (C=O) groups excluding carboxylic acids is 1. The van der Waals surface area contributed by atoms with Crippen LogP contribution in [0.2, 0.25) is 0 Å². The van der Waals surface area contributed by atoms with E-state index in [0.717, 1.165) is 17.2 Å². The number of aryl methyl sites for hydroxylation is 2. The van der Waals surface area contributed by atoms with Crippen molar-refractivity contribution in [3.05, 3.63) is 47.0 Å². The third kappa shape index (κ3) is 2.83. The van der Waals surface area contributed by atoms with Gasteiger partial charge in [-0.15, -0.1) is 0 Å². The average Bonchev–Trinajstić information content (AvgIpc) is 2.34. The number of rotatable bonds is 2. The Morgan fingerprint density at radius 3 is 2.20 bits per heavy atom. The van der Waals surface area contributed by atoms with Crippen LogP contribution in [-0.2, 0) is 0 Å². The lowest BCUT2D eigenvalue weighted by atomic mass is 10.1. The number of carbonyl (C=O) groups is 1. The van der Waals surface area contributed by atoms with Crippen molar-refractivity contribution in [1.82, 2.24) is 0 Å². The van der Waals surface area contributed by atoms with Crippen LogP contribution >= 0.6 is 0 Å². The van der Waals surface area contributed by atoms with Gasteiger partial charge in [-0.25, -0.2) is 0 Å². The smallest absolute Gasteiger partial charge is 0.255 e. The standard InChI is InChI=1S/C15H16N2O3/c1-8-3-9(2)14(7-13(8)16)17-15(20)10-4-11(18)6-12(19)5-10/h3-7,18-19H,16H2,1-2H3,(H,17,20). The molecule has 1 amide bonds. The molecule has 0 saturated heterocycles. The Kier molecular flexibility index (Phi) is 3.52. The minimum atomic E-state index is -0.428. The van der Waals surface area contributed by atoms with Gasteiger partial charge >= 0.3 is 0 Å². The van der Waals surface area contributed by atoms with Gasteiger partial charge in [-0.05, 0) is 43.2 Å². The van der Waals surface area contributed by atoms with Crippen molar-refractivity contribution >= 4 is 17.3 Å². The van der Waals surface area contributed by atoms with Crippen molar-refractivity contribution < 1.29 is 15.0 Å². The van der Waals surface area contributed by atoms with E-state index in [-0.39, 0.29) is 17.1 Å². The van der Waals surface area contributed by atoms with Gasteiger partial charge in [0.05, 0.1) is 0 Å². The first-order valence-electron chi connectivity index (χ1n) is 6.08. The van der Waals surface area contributed by atoms with Gasteiger partial charge in [0.25, 0.3) is 5.91 Å². The summed E-state index contributed by atoms with van der Waals surface area (Å²) in [4.78, 5) is 12.1. The maximum Gasteiger partial charge on any atom is 0.255 e. The molecule has 20 heavy (non-hydrogen) atoms. The summed E-state index contributed by atoms with van der Waals surface area (Å²) in [6.45, 7) is 3.75. The molecule has 0 atom stereocenters. The number of hydrogen-bond donors (Lipinski definition) is 4. The van der Waals surface area contributed by atoms with Gasteiger partial charge in [-0.1, -0.05) is 6.07 Å². The highest BCUT2D eigenvalue weighted by molar-refractivity contribution is 6.05. The maximum absolute atomic E-state index is 12.1. The van der Waals surface area contributed by atoms with Crippen LogP contribution in [0.4, 0.5) is 11.4 Å². The van der Waals surface area contributed by atoms with Crippen molar-refractivity contribution in [2.45, 2.75) is 13.8 Å².